The van der Waals surface area contributed by atoms with Crippen LogP contribution in [0.2, 0.25) is 0 Å². The fourth-order valence-electron chi connectivity index (χ4n) is 4.79. The molecule has 9 nitrogen and oxygen atoms in total. The molecule has 6 heterocycles. The molecule has 0 radical (unpaired) electrons. The van der Waals surface area contributed by atoms with E-state index in [0.29, 0.717) is 6.61 Å². The predicted octanol–water partition coefficient (Wildman–Crippen LogP) is 4.49. The van der Waals surface area contributed by atoms with E-state index in [1.54, 1.807) is 6.20 Å². The van der Waals surface area contributed by atoms with Gasteiger partial charge >= 0.3 is 0 Å². The second-order valence-electron chi connectivity index (χ2n) is 9.57. The van der Waals surface area contributed by atoms with Crippen molar-refractivity contribution in [3.8, 4) is 28.4 Å². The number of H-pyrrole nitrogens is 2. The molecule has 184 valence electrons. The van der Waals surface area contributed by atoms with E-state index in [2.05, 4.69) is 47.1 Å². The van der Waals surface area contributed by atoms with Gasteiger partial charge in [0.2, 0.25) is 0 Å². The predicted molar refractivity (Wildman–Crippen MR) is 142 cm³/mol. The first-order chi connectivity index (χ1) is 17.7. The first kappa shape index (κ1) is 22.5. The van der Waals surface area contributed by atoms with Crippen molar-refractivity contribution in [3.05, 3.63) is 49.1 Å². The van der Waals surface area contributed by atoms with Crippen molar-refractivity contribution in [1.82, 2.24) is 35.0 Å². The molecule has 0 aliphatic carbocycles. The maximum Gasteiger partial charge on any atom is 0.138 e. The Morgan fingerprint density at radius 3 is 2.72 bits per heavy atom. The van der Waals surface area contributed by atoms with Gasteiger partial charge in [0.15, 0.2) is 0 Å². The van der Waals surface area contributed by atoms with Gasteiger partial charge in [-0.3, -0.25) is 15.1 Å². The summed E-state index contributed by atoms with van der Waals surface area (Å²) in [5, 5.41) is 9.90. The van der Waals surface area contributed by atoms with E-state index in [-0.39, 0.29) is 0 Å². The summed E-state index contributed by atoms with van der Waals surface area (Å²) in [5.74, 6) is 1.78. The third-order valence-electron chi connectivity index (χ3n) is 6.70. The van der Waals surface area contributed by atoms with Crippen LogP contribution in [0.4, 0.5) is 5.82 Å². The number of hydrogen-bond donors (Lipinski definition) is 2. The van der Waals surface area contributed by atoms with Crippen LogP contribution in [0, 0.1) is 0 Å². The summed E-state index contributed by atoms with van der Waals surface area (Å²) in [7, 11) is 4.05. The minimum atomic E-state index is 0.602. The molecule has 5 aromatic rings. The van der Waals surface area contributed by atoms with Crippen LogP contribution in [-0.4, -0.2) is 75.4 Å². The molecular weight excluding hydrogens is 452 g/mol. The molecule has 0 atom stereocenters. The van der Waals surface area contributed by atoms with Gasteiger partial charge in [0, 0.05) is 48.4 Å². The van der Waals surface area contributed by atoms with Crippen molar-refractivity contribution in [2.75, 3.05) is 45.2 Å². The number of nitrogens with one attached hydrogen (secondary N) is 2. The number of nitrogens with zero attached hydrogens (tertiary/aromatic N) is 6. The summed E-state index contributed by atoms with van der Waals surface area (Å²) >= 11 is 0. The lowest BCUT2D eigenvalue weighted by molar-refractivity contribution is 0.261. The molecule has 0 spiro atoms. The van der Waals surface area contributed by atoms with Crippen LogP contribution in [0.1, 0.15) is 19.3 Å². The summed E-state index contributed by atoms with van der Waals surface area (Å²) in [6, 6.07) is 8.24. The van der Waals surface area contributed by atoms with Gasteiger partial charge in [0.25, 0.3) is 0 Å². The first-order valence-electron chi connectivity index (χ1n) is 12.5. The summed E-state index contributed by atoms with van der Waals surface area (Å²) < 4.78 is 5.87. The number of piperidine rings is 1. The Morgan fingerprint density at radius 2 is 1.86 bits per heavy atom. The second kappa shape index (κ2) is 9.58. The quantitative estimate of drug-likeness (QED) is 0.353. The third kappa shape index (κ3) is 4.37. The van der Waals surface area contributed by atoms with Crippen LogP contribution in [0.5, 0.6) is 5.75 Å². The molecule has 6 rings (SSSR count). The van der Waals surface area contributed by atoms with Crippen molar-refractivity contribution in [2.24, 2.45) is 0 Å². The Kier molecular flexibility index (Phi) is 5.98. The van der Waals surface area contributed by atoms with Gasteiger partial charge in [-0.05, 0) is 57.6 Å². The van der Waals surface area contributed by atoms with Gasteiger partial charge in [-0.2, -0.15) is 5.10 Å². The molecule has 1 saturated heterocycles. The minimum absolute atomic E-state index is 0.602. The van der Waals surface area contributed by atoms with E-state index >= 15 is 0 Å². The van der Waals surface area contributed by atoms with Gasteiger partial charge < -0.3 is 19.5 Å². The van der Waals surface area contributed by atoms with Crippen molar-refractivity contribution in [1.29, 1.82) is 0 Å². The third-order valence-corrected chi connectivity index (χ3v) is 6.70. The molecule has 0 aromatic carbocycles. The zero-order valence-electron chi connectivity index (χ0n) is 20.7. The molecule has 1 fully saturated rings. The summed E-state index contributed by atoms with van der Waals surface area (Å²) in [4.78, 5) is 21.8. The van der Waals surface area contributed by atoms with E-state index in [9.17, 15) is 0 Å². The number of aromatic amines is 2. The molecule has 0 unspecified atom stereocenters. The van der Waals surface area contributed by atoms with Crippen LogP contribution in [0.3, 0.4) is 0 Å². The lowest BCUT2D eigenvalue weighted by atomic mass is 10.1. The summed E-state index contributed by atoms with van der Waals surface area (Å²) in [6.07, 6.45) is 11.0. The standard InChI is InChI=1S/C27H30N8O/c1-34(2)10-11-36-19-12-18(15-28-16-19)23-13-20-25(17-30-23)32-33-26(20)24-14-21-22(31-24)6-7-29-27(21)35-8-4-3-5-9-35/h6-7,12-17,31H,3-5,8-11H2,1-2H3,(H,32,33). The van der Waals surface area contributed by atoms with E-state index in [1.165, 1.54) is 19.3 Å². The Morgan fingerprint density at radius 1 is 0.972 bits per heavy atom. The van der Waals surface area contributed by atoms with Crippen LogP contribution in [0.25, 0.3) is 44.5 Å². The number of fused-ring (bicyclic) bond motifs is 2. The Labute approximate surface area is 209 Å². The lowest BCUT2D eigenvalue weighted by Gasteiger charge is -2.28. The smallest absolute Gasteiger partial charge is 0.138 e. The molecule has 0 bridgehead atoms. The highest BCUT2D eigenvalue weighted by Gasteiger charge is 2.18. The molecule has 36 heavy (non-hydrogen) atoms. The number of hydrogen-bond acceptors (Lipinski definition) is 7. The van der Waals surface area contributed by atoms with E-state index in [1.807, 2.05) is 44.8 Å². The normalized spacial score (nSPS) is 14.2. The highest BCUT2D eigenvalue weighted by molar-refractivity contribution is 5.99. The number of aromatic nitrogens is 6. The Balaban J connectivity index is 1.34. The largest absolute Gasteiger partial charge is 0.491 e. The number of pyridine rings is 3. The first-order valence-corrected chi connectivity index (χ1v) is 12.5. The van der Waals surface area contributed by atoms with Gasteiger partial charge in [0.05, 0.1) is 34.8 Å². The number of rotatable bonds is 7. The molecule has 1 aliphatic heterocycles. The van der Waals surface area contributed by atoms with Crippen LogP contribution in [-0.2, 0) is 0 Å². The number of likely N-dealkylation sites (N-methyl/N-ethyl adjacent to an activating group) is 1. The topological polar surface area (TPSA) is 98.9 Å². The summed E-state index contributed by atoms with van der Waals surface area (Å²) in [6.45, 7) is 3.55. The van der Waals surface area contributed by atoms with Crippen molar-refractivity contribution in [3.63, 3.8) is 0 Å². The molecule has 0 amide bonds. The average molecular weight is 483 g/mol. The van der Waals surface area contributed by atoms with Gasteiger partial charge in [-0.1, -0.05) is 0 Å². The van der Waals surface area contributed by atoms with Crippen LogP contribution < -0.4 is 9.64 Å². The fraction of sp³-hybridized carbons (Fsp3) is 0.333. The van der Waals surface area contributed by atoms with Crippen LogP contribution in [0.15, 0.2) is 49.1 Å². The zero-order valence-corrected chi connectivity index (χ0v) is 20.7. The molecule has 2 N–H and O–H groups in total. The fourth-order valence-corrected chi connectivity index (χ4v) is 4.79. The molecule has 9 heteroatoms. The van der Waals surface area contributed by atoms with Gasteiger partial charge in [-0.25, -0.2) is 4.98 Å². The SMILES string of the molecule is CN(C)CCOc1cncc(-c2cc3c(-c4cc5c(N6CCCCC6)nccc5[nH]4)n[nH]c3cn2)c1. The van der Waals surface area contributed by atoms with Gasteiger partial charge in [0.1, 0.15) is 23.9 Å². The zero-order chi connectivity index (χ0) is 24.5. The molecule has 1 aliphatic rings. The number of ether oxygens (including phenoxy) is 1. The van der Waals surface area contributed by atoms with E-state index in [0.717, 1.165) is 75.7 Å². The van der Waals surface area contributed by atoms with Crippen molar-refractivity contribution in [2.45, 2.75) is 19.3 Å². The molecular formula is C27H30N8O. The minimum Gasteiger partial charge on any atom is -0.491 e. The maximum atomic E-state index is 5.87. The van der Waals surface area contributed by atoms with Crippen molar-refractivity contribution < 1.29 is 4.74 Å². The highest BCUT2D eigenvalue weighted by Crippen LogP contribution is 2.34. The number of anilines is 1. The second-order valence-corrected chi connectivity index (χ2v) is 9.57. The summed E-state index contributed by atoms with van der Waals surface area (Å²) in [5.41, 5.74) is 5.49. The molecule has 5 aromatic heterocycles. The molecule has 0 saturated carbocycles. The maximum absolute atomic E-state index is 5.87. The Hall–Kier alpha value is -3.98. The van der Waals surface area contributed by atoms with E-state index < -0.39 is 0 Å². The van der Waals surface area contributed by atoms with Gasteiger partial charge in [-0.15, -0.1) is 0 Å². The van der Waals surface area contributed by atoms with Crippen LogP contribution >= 0.6 is 0 Å². The Bertz CT molecular complexity index is 1500. The van der Waals surface area contributed by atoms with E-state index in [4.69, 9.17) is 9.72 Å². The average Bonchev–Trinajstić information content (AvgIpc) is 3.53. The van der Waals surface area contributed by atoms with Crippen molar-refractivity contribution >= 4 is 27.6 Å². The highest BCUT2D eigenvalue weighted by atomic mass is 16.5. The lowest BCUT2D eigenvalue weighted by Crippen LogP contribution is -2.30. The monoisotopic (exact) mass is 482 g/mol.